The summed E-state index contributed by atoms with van der Waals surface area (Å²) in [4.78, 5) is 36.3. The maximum atomic E-state index is 12.4. The molecule has 24 heavy (non-hydrogen) atoms. The minimum Gasteiger partial charge on any atom is -0.345 e. The van der Waals surface area contributed by atoms with Crippen molar-refractivity contribution in [2.24, 2.45) is 13.0 Å². The summed E-state index contributed by atoms with van der Waals surface area (Å²) in [5.41, 5.74) is 0.623. The molecule has 0 aliphatic carbocycles. The lowest BCUT2D eigenvalue weighted by molar-refractivity contribution is -0.127. The summed E-state index contributed by atoms with van der Waals surface area (Å²) in [5.74, 6) is -1.58. The van der Waals surface area contributed by atoms with E-state index in [0.717, 1.165) is 11.3 Å². The average Bonchev–Trinajstić information content (AvgIpc) is 2.99. The fourth-order valence-electron chi connectivity index (χ4n) is 2.60. The number of carbonyl (C=O) groups is 2. The number of nitrogens with zero attached hydrogens (tertiary/aromatic N) is 2. The van der Waals surface area contributed by atoms with Crippen LogP contribution in [0.5, 0.6) is 0 Å². The van der Waals surface area contributed by atoms with Crippen molar-refractivity contribution in [2.45, 2.75) is 11.3 Å². The zero-order valence-electron chi connectivity index (χ0n) is 13.0. The largest absolute Gasteiger partial charge is 0.345 e. The molecule has 10 heteroatoms. The van der Waals surface area contributed by atoms with Crippen LogP contribution in [-0.4, -0.2) is 43.3 Å². The smallest absolute Gasteiger partial charge is 0.307 e. The minimum atomic E-state index is -4.06. The Hall–Kier alpha value is -2.20. The van der Waals surface area contributed by atoms with Crippen LogP contribution in [0.1, 0.15) is 6.42 Å². The number of fused-ring (bicyclic) bond motifs is 1. The lowest BCUT2D eigenvalue weighted by Gasteiger charge is -2.11. The van der Waals surface area contributed by atoms with Crippen LogP contribution >= 0.6 is 11.3 Å². The van der Waals surface area contributed by atoms with Gasteiger partial charge in [0.1, 0.15) is 0 Å². The molecule has 1 aliphatic rings. The van der Waals surface area contributed by atoms with Gasteiger partial charge in [0.25, 0.3) is 10.0 Å². The number of benzene rings is 1. The molecule has 1 N–H and O–H groups in total. The molecule has 1 atom stereocenters. The van der Waals surface area contributed by atoms with E-state index in [2.05, 4.69) is 0 Å². The number of thiazole rings is 1. The second kappa shape index (κ2) is 5.71. The Labute approximate surface area is 141 Å². The van der Waals surface area contributed by atoms with E-state index in [1.165, 1.54) is 27.7 Å². The van der Waals surface area contributed by atoms with Gasteiger partial charge >= 0.3 is 4.87 Å². The summed E-state index contributed by atoms with van der Waals surface area (Å²) in [6.45, 7) is 0.194. The number of aromatic nitrogens is 1. The second-order valence-corrected chi connectivity index (χ2v) is 8.38. The molecule has 0 radical (unpaired) electrons. The van der Waals surface area contributed by atoms with Crippen LogP contribution in [-0.2, 0) is 26.7 Å². The van der Waals surface area contributed by atoms with Crippen LogP contribution in [0.25, 0.3) is 10.2 Å². The number of hydrogen-bond acceptors (Lipinski definition) is 6. The van der Waals surface area contributed by atoms with Gasteiger partial charge in [-0.3, -0.25) is 14.4 Å². The van der Waals surface area contributed by atoms with Gasteiger partial charge in [0.2, 0.25) is 11.8 Å². The average molecular weight is 369 g/mol. The lowest BCUT2D eigenvalue weighted by atomic mass is 10.1. The van der Waals surface area contributed by atoms with Crippen molar-refractivity contribution in [3.8, 4) is 0 Å². The molecular formula is C14H15N3O5S2. The summed E-state index contributed by atoms with van der Waals surface area (Å²) in [6, 6.07) is 4.23. The first-order valence-electron chi connectivity index (χ1n) is 7.09. The van der Waals surface area contributed by atoms with Crippen LogP contribution in [0.4, 0.5) is 0 Å². The maximum absolute atomic E-state index is 12.4. The highest BCUT2D eigenvalue weighted by atomic mass is 32.2. The minimum absolute atomic E-state index is 0.00279. The van der Waals surface area contributed by atoms with Gasteiger partial charge in [-0.15, -0.1) is 0 Å². The molecule has 3 rings (SSSR count). The normalized spacial score (nSPS) is 18.3. The van der Waals surface area contributed by atoms with Crippen LogP contribution < -0.4 is 9.60 Å². The van der Waals surface area contributed by atoms with E-state index in [0.29, 0.717) is 10.2 Å². The summed E-state index contributed by atoms with van der Waals surface area (Å²) in [5, 5.41) is 0. The highest BCUT2D eigenvalue weighted by molar-refractivity contribution is 7.90. The molecule has 1 fully saturated rings. The van der Waals surface area contributed by atoms with E-state index in [1.807, 2.05) is 4.72 Å². The Balaban J connectivity index is 1.86. The Morgan fingerprint density at radius 1 is 1.29 bits per heavy atom. The number of nitrogens with one attached hydrogen (secondary N) is 1. The van der Waals surface area contributed by atoms with Gasteiger partial charge in [-0.05, 0) is 18.2 Å². The molecule has 128 valence electrons. The van der Waals surface area contributed by atoms with Gasteiger partial charge in [0.05, 0.1) is 21.0 Å². The van der Waals surface area contributed by atoms with Crippen LogP contribution in [0.2, 0.25) is 0 Å². The van der Waals surface area contributed by atoms with Crippen molar-refractivity contribution in [3.63, 3.8) is 0 Å². The van der Waals surface area contributed by atoms with Crippen molar-refractivity contribution in [3.05, 3.63) is 27.9 Å². The number of carbonyl (C=O) groups excluding carboxylic acids is 2. The van der Waals surface area contributed by atoms with Crippen LogP contribution in [0, 0.1) is 5.92 Å². The van der Waals surface area contributed by atoms with Gasteiger partial charge in [0.15, 0.2) is 0 Å². The van der Waals surface area contributed by atoms with E-state index >= 15 is 0 Å². The number of amides is 2. The standard InChI is InChI=1S/C14H15N3O5S2/c1-16-7-8(5-12(16)18)13(19)15-24(21,22)9-3-4-10-11(6-9)23-14(20)17(10)2/h3-4,6,8H,5,7H2,1-2H3,(H,15,19)/t8-/m0/s1. The number of sulfonamides is 1. The third-order valence-electron chi connectivity index (χ3n) is 4.02. The molecule has 0 spiro atoms. The second-order valence-electron chi connectivity index (χ2n) is 5.70. The molecule has 2 heterocycles. The molecular weight excluding hydrogens is 354 g/mol. The maximum Gasteiger partial charge on any atom is 0.307 e. The Morgan fingerprint density at radius 2 is 2.00 bits per heavy atom. The third kappa shape index (κ3) is 2.82. The zero-order valence-corrected chi connectivity index (χ0v) is 14.6. The molecule has 1 aliphatic heterocycles. The fourth-order valence-corrected chi connectivity index (χ4v) is 4.66. The quantitative estimate of drug-likeness (QED) is 0.812. The van der Waals surface area contributed by atoms with Crippen molar-refractivity contribution >= 4 is 43.4 Å². The van der Waals surface area contributed by atoms with Gasteiger partial charge in [-0.1, -0.05) is 11.3 Å². The van der Waals surface area contributed by atoms with Gasteiger partial charge in [0, 0.05) is 27.1 Å². The number of hydrogen-bond donors (Lipinski definition) is 1. The first-order valence-corrected chi connectivity index (χ1v) is 9.39. The van der Waals surface area contributed by atoms with Crippen molar-refractivity contribution in [2.75, 3.05) is 13.6 Å². The van der Waals surface area contributed by atoms with Gasteiger partial charge in [-0.25, -0.2) is 13.1 Å². The molecule has 1 aromatic carbocycles. The van der Waals surface area contributed by atoms with Crippen molar-refractivity contribution in [1.29, 1.82) is 0 Å². The molecule has 1 saturated heterocycles. The van der Waals surface area contributed by atoms with E-state index < -0.39 is 21.8 Å². The Bertz CT molecular complexity index is 1010. The van der Waals surface area contributed by atoms with Gasteiger partial charge < -0.3 is 9.47 Å². The first-order chi connectivity index (χ1) is 11.2. The molecule has 1 aromatic heterocycles. The highest BCUT2D eigenvalue weighted by Crippen LogP contribution is 2.22. The number of likely N-dealkylation sites (tertiary alicyclic amines) is 1. The highest BCUT2D eigenvalue weighted by Gasteiger charge is 2.34. The Morgan fingerprint density at radius 3 is 2.62 bits per heavy atom. The number of aryl methyl sites for hydroxylation is 1. The van der Waals surface area contributed by atoms with Crippen molar-refractivity contribution in [1.82, 2.24) is 14.2 Å². The molecule has 2 amide bonds. The SMILES string of the molecule is CN1C[C@@H](C(=O)NS(=O)(=O)c2ccc3c(c2)sc(=O)n3C)CC1=O. The topological polar surface area (TPSA) is 106 Å². The molecule has 0 saturated carbocycles. The fraction of sp³-hybridized carbons (Fsp3) is 0.357. The van der Waals surface area contributed by atoms with Crippen LogP contribution in [0.15, 0.2) is 27.9 Å². The molecule has 2 aromatic rings. The first kappa shape index (κ1) is 16.7. The molecule has 0 unspecified atom stereocenters. The predicted octanol–water partition coefficient (Wildman–Crippen LogP) is -0.117. The third-order valence-corrected chi connectivity index (χ3v) is 6.36. The lowest BCUT2D eigenvalue weighted by Crippen LogP contribution is -2.36. The summed E-state index contributed by atoms with van der Waals surface area (Å²) >= 11 is 0.933. The number of rotatable bonds is 3. The summed E-state index contributed by atoms with van der Waals surface area (Å²) in [7, 11) is -0.894. The van der Waals surface area contributed by atoms with Crippen molar-refractivity contribution < 1.29 is 18.0 Å². The van der Waals surface area contributed by atoms with E-state index in [-0.39, 0.29) is 28.6 Å². The summed E-state index contributed by atoms with van der Waals surface area (Å²) < 4.78 is 28.7. The predicted molar refractivity (Wildman–Crippen MR) is 88.1 cm³/mol. The summed E-state index contributed by atoms with van der Waals surface area (Å²) in [6.07, 6.45) is -0.00279. The monoisotopic (exact) mass is 369 g/mol. The Kier molecular flexibility index (Phi) is 3.96. The zero-order chi connectivity index (χ0) is 17.6. The van der Waals surface area contributed by atoms with E-state index in [4.69, 9.17) is 0 Å². The van der Waals surface area contributed by atoms with E-state index in [1.54, 1.807) is 14.1 Å². The van der Waals surface area contributed by atoms with Gasteiger partial charge in [-0.2, -0.15) is 0 Å². The molecule has 0 bridgehead atoms. The van der Waals surface area contributed by atoms with E-state index in [9.17, 15) is 22.8 Å². The van der Waals surface area contributed by atoms with Crippen LogP contribution in [0.3, 0.4) is 0 Å². The molecule has 8 nitrogen and oxygen atoms in total.